The molecule has 0 unspecified atom stereocenters. The first-order valence-corrected chi connectivity index (χ1v) is 6.54. The third-order valence-corrected chi connectivity index (χ3v) is 3.39. The Morgan fingerprint density at radius 3 is 2.16 bits per heavy atom. The van der Waals surface area contributed by atoms with Gasteiger partial charge in [0, 0.05) is 5.92 Å². The minimum atomic E-state index is -0.608. The summed E-state index contributed by atoms with van der Waals surface area (Å²) in [5.41, 5.74) is 6.67. The predicted molar refractivity (Wildman–Crippen MR) is 73.2 cm³/mol. The molecule has 0 aromatic heterocycles. The maximum absolute atomic E-state index is 12.9. The topological polar surface area (TPSA) is 52.3 Å². The first-order chi connectivity index (χ1) is 8.82. The van der Waals surface area contributed by atoms with Gasteiger partial charge in [-0.15, -0.1) is 0 Å². The molecule has 1 rings (SSSR count). The standard InChI is InChI=1S/C15H22FNO2/c1-9(2)14(17)15(18)19-11(4)10(3)12-5-7-13(16)8-6-12/h5-11,14H,17H2,1-4H3/t10-,11+,14+/m1/s1. The Bertz CT molecular complexity index is 417. The van der Waals surface area contributed by atoms with Crippen LogP contribution in [0.1, 0.15) is 39.2 Å². The molecule has 0 radical (unpaired) electrons. The highest BCUT2D eigenvalue weighted by Crippen LogP contribution is 2.22. The summed E-state index contributed by atoms with van der Waals surface area (Å²) in [6.07, 6.45) is -0.303. The second-order valence-electron chi connectivity index (χ2n) is 5.25. The first kappa shape index (κ1) is 15.6. The lowest BCUT2D eigenvalue weighted by atomic mass is 9.96. The van der Waals surface area contributed by atoms with Gasteiger partial charge < -0.3 is 10.5 Å². The fraction of sp³-hybridized carbons (Fsp3) is 0.533. The number of esters is 1. The van der Waals surface area contributed by atoms with E-state index in [4.69, 9.17) is 10.5 Å². The lowest BCUT2D eigenvalue weighted by Gasteiger charge is -2.23. The Balaban J connectivity index is 2.65. The molecule has 0 saturated heterocycles. The van der Waals surface area contributed by atoms with E-state index in [0.717, 1.165) is 5.56 Å². The fourth-order valence-corrected chi connectivity index (χ4v) is 1.67. The summed E-state index contributed by atoms with van der Waals surface area (Å²) < 4.78 is 18.2. The molecule has 4 heteroatoms. The van der Waals surface area contributed by atoms with Gasteiger partial charge >= 0.3 is 5.97 Å². The van der Waals surface area contributed by atoms with Gasteiger partial charge in [-0.1, -0.05) is 32.9 Å². The predicted octanol–water partition coefficient (Wildman–Crippen LogP) is 2.84. The Morgan fingerprint density at radius 2 is 1.68 bits per heavy atom. The van der Waals surface area contributed by atoms with Gasteiger partial charge in [-0.3, -0.25) is 4.79 Å². The molecule has 0 bridgehead atoms. The molecular formula is C15H22FNO2. The molecule has 3 atom stereocenters. The van der Waals surface area contributed by atoms with Crippen molar-refractivity contribution in [2.75, 3.05) is 0 Å². The number of nitrogens with two attached hydrogens (primary N) is 1. The van der Waals surface area contributed by atoms with Crippen molar-refractivity contribution >= 4 is 5.97 Å². The Morgan fingerprint density at radius 1 is 1.16 bits per heavy atom. The Labute approximate surface area is 113 Å². The van der Waals surface area contributed by atoms with Crippen LogP contribution in [-0.4, -0.2) is 18.1 Å². The van der Waals surface area contributed by atoms with Crippen LogP contribution >= 0.6 is 0 Å². The Hall–Kier alpha value is -1.42. The smallest absolute Gasteiger partial charge is 0.323 e. The summed E-state index contributed by atoms with van der Waals surface area (Å²) in [5, 5.41) is 0. The molecule has 3 nitrogen and oxygen atoms in total. The van der Waals surface area contributed by atoms with Crippen LogP contribution in [0.5, 0.6) is 0 Å². The lowest BCUT2D eigenvalue weighted by molar-refractivity contribution is -0.151. The van der Waals surface area contributed by atoms with Crippen molar-refractivity contribution in [2.24, 2.45) is 11.7 Å². The van der Waals surface area contributed by atoms with E-state index in [0.29, 0.717) is 0 Å². The van der Waals surface area contributed by atoms with Crippen molar-refractivity contribution < 1.29 is 13.9 Å². The summed E-state index contributed by atoms with van der Waals surface area (Å²) in [7, 11) is 0. The third-order valence-electron chi connectivity index (χ3n) is 3.39. The summed E-state index contributed by atoms with van der Waals surface area (Å²) in [4.78, 5) is 11.8. The molecule has 1 aromatic rings. The maximum Gasteiger partial charge on any atom is 0.323 e. The molecule has 2 N–H and O–H groups in total. The quantitative estimate of drug-likeness (QED) is 0.835. The SMILES string of the molecule is CC(C)[C@H](N)C(=O)O[C@@H](C)[C@@H](C)c1ccc(F)cc1. The zero-order valence-corrected chi connectivity index (χ0v) is 11.9. The molecule has 0 aliphatic carbocycles. The zero-order chi connectivity index (χ0) is 14.6. The fourth-order valence-electron chi connectivity index (χ4n) is 1.67. The van der Waals surface area contributed by atoms with Gasteiger partial charge in [0.1, 0.15) is 18.0 Å². The van der Waals surface area contributed by atoms with Crippen molar-refractivity contribution in [2.45, 2.75) is 45.8 Å². The number of carbonyl (C=O) groups excluding carboxylic acids is 1. The molecule has 106 valence electrons. The number of hydrogen-bond acceptors (Lipinski definition) is 3. The number of ether oxygens (including phenoxy) is 1. The molecule has 0 aliphatic heterocycles. The first-order valence-electron chi connectivity index (χ1n) is 6.54. The van der Waals surface area contributed by atoms with Gasteiger partial charge in [0.25, 0.3) is 0 Å². The van der Waals surface area contributed by atoms with Crippen LogP contribution in [0.15, 0.2) is 24.3 Å². The van der Waals surface area contributed by atoms with Gasteiger partial charge in [0.15, 0.2) is 0 Å². The normalized spacial score (nSPS) is 15.9. The average molecular weight is 267 g/mol. The van der Waals surface area contributed by atoms with Crippen LogP contribution in [0.3, 0.4) is 0 Å². The van der Waals surface area contributed by atoms with Crippen LogP contribution in [0.25, 0.3) is 0 Å². The van der Waals surface area contributed by atoms with Gasteiger partial charge in [-0.25, -0.2) is 4.39 Å². The van der Waals surface area contributed by atoms with E-state index in [1.807, 2.05) is 27.7 Å². The van der Waals surface area contributed by atoms with E-state index in [1.54, 1.807) is 12.1 Å². The number of rotatable bonds is 5. The lowest BCUT2D eigenvalue weighted by Crippen LogP contribution is -2.39. The van der Waals surface area contributed by atoms with E-state index in [2.05, 4.69) is 0 Å². The van der Waals surface area contributed by atoms with Crippen molar-refractivity contribution in [3.05, 3.63) is 35.6 Å². The van der Waals surface area contributed by atoms with Crippen molar-refractivity contribution in [1.29, 1.82) is 0 Å². The molecule has 0 aliphatic rings. The van der Waals surface area contributed by atoms with Crippen LogP contribution in [0, 0.1) is 11.7 Å². The average Bonchev–Trinajstić information content (AvgIpc) is 2.37. The van der Waals surface area contributed by atoms with Crippen molar-refractivity contribution in [1.82, 2.24) is 0 Å². The van der Waals surface area contributed by atoms with E-state index in [1.165, 1.54) is 12.1 Å². The number of carbonyl (C=O) groups is 1. The maximum atomic E-state index is 12.9. The third kappa shape index (κ3) is 4.31. The zero-order valence-electron chi connectivity index (χ0n) is 11.9. The molecule has 0 fully saturated rings. The van der Waals surface area contributed by atoms with Gasteiger partial charge in [0.05, 0.1) is 0 Å². The molecule has 0 heterocycles. The van der Waals surface area contributed by atoms with E-state index < -0.39 is 12.0 Å². The number of benzene rings is 1. The summed E-state index contributed by atoms with van der Waals surface area (Å²) in [5.74, 6) is -0.636. The molecule has 0 saturated carbocycles. The van der Waals surface area contributed by atoms with Gasteiger partial charge in [-0.2, -0.15) is 0 Å². The molecule has 0 spiro atoms. The second-order valence-corrected chi connectivity index (χ2v) is 5.25. The van der Waals surface area contributed by atoms with Crippen LogP contribution in [0.4, 0.5) is 4.39 Å². The van der Waals surface area contributed by atoms with E-state index in [9.17, 15) is 9.18 Å². The summed E-state index contributed by atoms with van der Waals surface area (Å²) in [6, 6.07) is 5.60. The molecule has 0 amide bonds. The highest BCUT2D eigenvalue weighted by molar-refractivity contribution is 5.76. The van der Waals surface area contributed by atoms with Gasteiger partial charge in [-0.05, 0) is 30.5 Å². The number of hydrogen-bond donors (Lipinski definition) is 1. The van der Waals surface area contributed by atoms with Gasteiger partial charge in [0.2, 0.25) is 0 Å². The second kappa shape index (κ2) is 6.66. The number of halogens is 1. The largest absolute Gasteiger partial charge is 0.461 e. The van der Waals surface area contributed by atoms with Crippen LogP contribution < -0.4 is 5.73 Å². The van der Waals surface area contributed by atoms with Crippen molar-refractivity contribution in [3.63, 3.8) is 0 Å². The highest BCUT2D eigenvalue weighted by atomic mass is 19.1. The van der Waals surface area contributed by atoms with Crippen LogP contribution in [0.2, 0.25) is 0 Å². The molecule has 19 heavy (non-hydrogen) atoms. The van der Waals surface area contributed by atoms with E-state index in [-0.39, 0.29) is 23.8 Å². The Kier molecular flexibility index (Phi) is 5.48. The highest BCUT2D eigenvalue weighted by Gasteiger charge is 2.24. The van der Waals surface area contributed by atoms with E-state index >= 15 is 0 Å². The molecular weight excluding hydrogens is 245 g/mol. The monoisotopic (exact) mass is 267 g/mol. The molecule has 1 aromatic carbocycles. The van der Waals surface area contributed by atoms with Crippen LogP contribution in [-0.2, 0) is 9.53 Å². The minimum Gasteiger partial charge on any atom is -0.461 e. The summed E-state index contributed by atoms with van der Waals surface area (Å²) >= 11 is 0. The summed E-state index contributed by atoms with van der Waals surface area (Å²) in [6.45, 7) is 7.51. The minimum absolute atomic E-state index is 0.0103. The van der Waals surface area contributed by atoms with Crippen molar-refractivity contribution in [3.8, 4) is 0 Å².